The van der Waals surface area contributed by atoms with Gasteiger partial charge < -0.3 is 14.1 Å². The van der Waals surface area contributed by atoms with Gasteiger partial charge in [-0.15, -0.1) is 21.5 Å². The zero-order valence-corrected chi connectivity index (χ0v) is 14.3. The van der Waals surface area contributed by atoms with Gasteiger partial charge in [-0.2, -0.15) is 0 Å². The SMILES string of the molecule is CCc1ncsc1C(=O)N1CCO[C@H](c2nnc(C(C)C)o2)C1. The molecule has 23 heavy (non-hydrogen) atoms. The molecular formula is C15H20N4O3S. The van der Waals surface area contributed by atoms with Gasteiger partial charge in [0.1, 0.15) is 4.88 Å². The van der Waals surface area contributed by atoms with E-state index < -0.39 is 0 Å². The molecule has 0 aromatic carbocycles. The molecule has 0 unspecified atom stereocenters. The first kappa shape index (κ1) is 16.1. The van der Waals surface area contributed by atoms with Gasteiger partial charge in [0.25, 0.3) is 5.91 Å². The van der Waals surface area contributed by atoms with E-state index in [1.54, 1.807) is 10.4 Å². The van der Waals surface area contributed by atoms with Crippen LogP contribution in [-0.2, 0) is 11.2 Å². The fourth-order valence-electron chi connectivity index (χ4n) is 2.43. The van der Waals surface area contributed by atoms with Gasteiger partial charge in [-0.05, 0) is 6.42 Å². The number of carbonyl (C=O) groups is 1. The number of ether oxygens (including phenoxy) is 1. The van der Waals surface area contributed by atoms with Crippen molar-refractivity contribution < 1.29 is 13.9 Å². The van der Waals surface area contributed by atoms with E-state index in [-0.39, 0.29) is 17.9 Å². The van der Waals surface area contributed by atoms with Gasteiger partial charge >= 0.3 is 0 Å². The number of rotatable bonds is 4. The van der Waals surface area contributed by atoms with Crippen LogP contribution in [0.5, 0.6) is 0 Å². The number of hydrogen-bond acceptors (Lipinski definition) is 7. The second-order valence-corrected chi connectivity index (χ2v) is 6.58. The van der Waals surface area contributed by atoms with Crippen LogP contribution in [0.1, 0.15) is 59.9 Å². The first-order chi connectivity index (χ1) is 11.1. The summed E-state index contributed by atoms with van der Waals surface area (Å²) in [5, 5.41) is 8.09. The van der Waals surface area contributed by atoms with Gasteiger partial charge in [-0.3, -0.25) is 4.79 Å². The van der Waals surface area contributed by atoms with Crippen LogP contribution in [0.25, 0.3) is 0 Å². The van der Waals surface area contributed by atoms with E-state index in [1.807, 2.05) is 20.8 Å². The number of aromatic nitrogens is 3. The smallest absolute Gasteiger partial charge is 0.266 e. The van der Waals surface area contributed by atoms with Gasteiger partial charge in [0.05, 0.1) is 24.4 Å². The monoisotopic (exact) mass is 336 g/mol. The molecule has 0 saturated carbocycles. The fraction of sp³-hybridized carbons (Fsp3) is 0.600. The average Bonchev–Trinajstić information content (AvgIpc) is 3.23. The van der Waals surface area contributed by atoms with Gasteiger partial charge in [0.15, 0.2) is 6.10 Å². The molecule has 2 aromatic heterocycles. The highest BCUT2D eigenvalue weighted by Crippen LogP contribution is 2.25. The highest BCUT2D eigenvalue weighted by atomic mass is 32.1. The van der Waals surface area contributed by atoms with E-state index in [4.69, 9.17) is 9.15 Å². The highest BCUT2D eigenvalue weighted by molar-refractivity contribution is 7.11. The Morgan fingerprint density at radius 3 is 3.00 bits per heavy atom. The molecule has 2 aromatic rings. The van der Waals surface area contributed by atoms with Crippen LogP contribution in [0.2, 0.25) is 0 Å². The molecule has 1 atom stereocenters. The fourth-order valence-corrected chi connectivity index (χ4v) is 3.28. The molecule has 0 bridgehead atoms. The predicted octanol–water partition coefficient (Wildman–Crippen LogP) is 2.43. The Kier molecular flexibility index (Phi) is 4.72. The van der Waals surface area contributed by atoms with E-state index in [0.717, 1.165) is 12.1 Å². The van der Waals surface area contributed by atoms with Crippen molar-refractivity contribution in [3.63, 3.8) is 0 Å². The second kappa shape index (κ2) is 6.76. The van der Waals surface area contributed by atoms with Crippen molar-refractivity contribution >= 4 is 17.2 Å². The summed E-state index contributed by atoms with van der Waals surface area (Å²) >= 11 is 1.39. The lowest BCUT2D eigenvalue weighted by atomic mass is 10.2. The third-order valence-corrected chi connectivity index (χ3v) is 4.61. The lowest BCUT2D eigenvalue weighted by Crippen LogP contribution is -2.42. The van der Waals surface area contributed by atoms with Crippen LogP contribution in [-0.4, -0.2) is 45.7 Å². The van der Waals surface area contributed by atoms with Gasteiger partial charge in [-0.1, -0.05) is 20.8 Å². The topological polar surface area (TPSA) is 81.4 Å². The minimum atomic E-state index is -0.370. The second-order valence-electron chi connectivity index (χ2n) is 5.73. The molecule has 0 aliphatic carbocycles. The minimum Gasteiger partial charge on any atom is -0.422 e. The largest absolute Gasteiger partial charge is 0.422 e. The summed E-state index contributed by atoms with van der Waals surface area (Å²) in [4.78, 5) is 19.4. The number of morpholine rings is 1. The molecule has 0 spiro atoms. The van der Waals surface area contributed by atoms with Crippen LogP contribution in [0.4, 0.5) is 0 Å². The van der Waals surface area contributed by atoms with E-state index in [0.29, 0.717) is 36.4 Å². The van der Waals surface area contributed by atoms with Crippen molar-refractivity contribution in [2.24, 2.45) is 0 Å². The Morgan fingerprint density at radius 2 is 2.30 bits per heavy atom. The summed E-state index contributed by atoms with van der Waals surface area (Å²) in [6.45, 7) is 7.41. The summed E-state index contributed by atoms with van der Waals surface area (Å²) in [7, 11) is 0. The Hall–Kier alpha value is -1.80. The van der Waals surface area contributed by atoms with Crippen molar-refractivity contribution in [2.75, 3.05) is 19.7 Å². The van der Waals surface area contributed by atoms with Gasteiger partial charge in [0.2, 0.25) is 11.8 Å². The molecule has 0 N–H and O–H groups in total. The summed E-state index contributed by atoms with van der Waals surface area (Å²) in [6, 6.07) is 0. The molecule has 1 aliphatic heterocycles. The quantitative estimate of drug-likeness (QED) is 0.853. The van der Waals surface area contributed by atoms with Crippen LogP contribution in [0.15, 0.2) is 9.93 Å². The van der Waals surface area contributed by atoms with Crippen molar-refractivity contribution in [3.8, 4) is 0 Å². The van der Waals surface area contributed by atoms with E-state index >= 15 is 0 Å². The molecule has 1 aliphatic rings. The summed E-state index contributed by atoms with van der Waals surface area (Å²) in [6.07, 6.45) is 0.380. The summed E-state index contributed by atoms with van der Waals surface area (Å²) in [5.74, 6) is 1.19. The predicted molar refractivity (Wildman–Crippen MR) is 84.5 cm³/mol. The first-order valence-corrected chi connectivity index (χ1v) is 8.64. The standard InChI is InChI=1S/C15H20N4O3S/c1-4-10-12(23-8-16-10)15(20)19-5-6-21-11(7-19)14-18-17-13(22-14)9(2)3/h8-9,11H,4-7H2,1-3H3/t11-/m0/s1. The van der Waals surface area contributed by atoms with E-state index in [2.05, 4.69) is 15.2 Å². The van der Waals surface area contributed by atoms with Gasteiger partial charge in [0, 0.05) is 12.5 Å². The Bertz CT molecular complexity index is 682. The van der Waals surface area contributed by atoms with Crippen LogP contribution >= 0.6 is 11.3 Å². The van der Waals surface area contributed by atoms with Crippen molar-refractivity contribution in [1.29, 1.82) is 0 Å². The van der Waals surface area contributed by atoms with Gasteiger partial charge in [-0.25, -0.2) is 4.98 Å². The molecule has 7 nitrogen and oxygen atoms in total. The number of nitrogens with zero attached hydrogens (tertiary/aromatic N) is 4. The Balaban J connectivity index is 1.74. The lowest BCUT2D eigenvalue weighted by Gasteiger charge is -2.31. The maximum absolute atomic E-state index is 12.7. The molecule has 3 heterocycles. The molecule has 124 valence electrons. The summed E-state index contributed by atoms with van der Waals surface area (Å²) in [5.41, 5.74) is 2.57. The Labute approximate surface area is 138 Å². The lowest BCUT2D eigenvalue weighted by molar-refractivity contribution is -0.0350. The highest BCUT2D eigenvalue weighted by Gasteiger charge is 2.31. The average molecular weight is 336 g/mol. The third-order valence-electron chi connectivity index (χ3n) is 3.75. The molecule has 1 saturated heterocycles. The number of thiazole rings is 1. The van der Waals surface area contributed by atoms with Crippen molar-refractivity contribution in [3.05, 3.63) is 27.9 Å². The zero-order chi connectivity index (χ0) is 16.4. The van der Waals surface area contributed by atoms with E-state index in [9.17, 15) is 4.79 Å². The zero-order valence-electron chi connectivity index (χ0n) is 13.5. The molecule has 1 fully saturated rings. The number of aryl methyl sites for hydroxylation is 1. The number of carbonyl (C=O) groups excluding carboxylic acids is 1. The number of hydrogen-bond donors (Lipinski definition) is 0. The maximum atomic E-state index is 12.7. The Morgan fingerprint density at radius 1 is 1.48 bits per heavy atom. The first-order valence-electron chi connectivity index (χ1n) is 7.76. The van der Waals surface area contributed by atoms with Crippen LogP contribution in [0.3, 0.4) is 0 Å². The normalized spacial score (nSPS) is 18.6. The van der Waals surface area contributed by atoms with Crippen LogP contribution < -0.4 is 0 Å². The molecule has 1 amide bonds. The number of amides is 1. The molecule has 3 rings (SSSR count). The molecular weight excluding hydrogens is 316 g/mol. The third kappa shape index (κ3) is 3.28. The van der Waals surface area contributed by atoms with Crippen molar-refractivity contribution in [1.82, 2.24) is 20.1 Å². The molecule has 0 radical (unpaired) electrons. The minimum absolute atomic E-state index is 0.00116. The van der Waals surface area contributed by atoms with E-state index in [1.165, 1.54) is 11.3 Å². The maximum Gasteiger partial charge on any atom is 0.266 e. The van der Waals surface area contributed by atoms with Crippen molar-refractivity contribution in [2.45, 2.75) is 39.2 Å². The summed E-state index contributed by atoms with van der Waals surface area (Å²) < 4.78 is 11.4. The van der Waals surface area contributed by atoms with Crippen LogP contribution in [0, 0.1) is 0 Å². The molecule has 8 heteroatoms.